The van der Waals surface area contributed by atoms with Crippen LogP contribution in [0.2, 0.25) is 0 Å². The fraction of sp³-hybridized carbons (Fsp3) is 0.438. The van der Waals surface area contributed by atoms with Gasteiger partial charge in [0.15, 0.2) is 0 Å². The Balaban J connectivity index is 2.14. The molecule has 0 atom stereocenters. The molecule has 17 heavy (non-hydrogen) atoms. The number of nitrogens with zero attached hydrogens (tertiary/aromatic N) is 1. The van der Waals surface area contributed by atoms with E-state index in [0.717, 1.165) is 0 Å². The number of hydrogen-bond donors (Lipinski definition) is 0. The average Bonchev–Trinajstić information content (AvgIpc) is 2.87. The van der Waals surface area contributed by atoms with E-state index in [1.807, 2.05) is 0 Å². The van der Waals surface area contributed by atoms with E-state index in [2.05, 4.69) is 38.1 Å². The van der Waals surface area contributed by atoms with Crippen LogP contribution in [0.15, 0.2) is 24.3 Å². The fourth-order valence-corrected chi connectivity index (χ4v) is 2.96. The van der Waals surface area contributed by atoms with Crippen molar-refractivity contribution < 1.29 is 0 Å². The summed E-state index contributed by atoms with van der Waals surface area (Å²) in [5.74, 6) is 0.708. The van der Waals surface area contributed by atoms with Gasteiger partial charge in [0, 0.05) is 17.0 Å². The van der Waals surface area contributed by atoms with Crippen molar-refractivity contribution in [2.45, 2.75) is 45.4 Å². The van der Waals surface area contributed by atoms with E-state index in [-0.39, 0.29) is 0 Å². The molecule has 3 rings (SSSR count). The number of benzene rings is 1. The minimum Gasteiger partial charge on any atom is -0.252 e. The highest BCUT2D eigenvalue weighted by atomic mass is 14.7. The fourth-order valence-electron chi connectivity index (χ4n) is 2.96. The second-order valence-corrected chi connectivity index (χ2v) is 5.31. The van der Waals surface area contributed by atoms with Gasteiger partial charge in [-0.3, -0.25) is 4.98 Å². The Kier molecular flexibility index (Phi) is 2.62. The normalized spacial score (nSPS) is 16.8. The number of aryl methyl sites for hydroxylation is 2. The molecule has 1 saturated carbocycles. The molecular weight excluding hydrogens is 206 g/mol. The molecule has 1 nitrogen and oxygen atoms in total. The van der Waals surface area contributed by atoms with Crippen molar-refractivity contribution in [3.8, 4) is 0 Å². The van der Waals surface area contributed by atoms with Crippen LogP contribution in [0.1, 0.15) is 48.4 Å². The second kappa shape index (κ2) is 4.14. The predicted octanol–water partition coefficient (Wildman–Crippen LogP) is 4.51. The third-order valence-corrected chi connectivity index (χ3v) is 4.07. The zero-order valence-electron chi connectivity index (χ0n) is 10.7. The Morgan fingerprint density at radius 2 is 1.65 bits per heavy atom. The predicted molar refractivity (Wildman–Crippen MR) is 72.4 cm³/mol. The van der Waals surface area contributed by atoms with Gasteiger partial charge in [-0.05, 0) is 43.9 Å². The van der Waals surface area contributed by atoms with Crippen LogP contribution in [0.25, 0.3) is 10.9 Å². The van der Waals surface area contributed by atoms with E-state index in [4.69, 9.17) is 4.98 Å². The van der Waals surface area contributed by atoms with Gasteiger partial charge in [0.2, 0.25) is 0 Å². The number of rotatable bonds is 1. The molecule has 1 aromatic heterocycles. The summed E-state index contributed by atoms with van der Waals surface area (Å²) >= 11 is 0. The summed E-state index contributed by atoms with van der Waals surface area (Å²) in [7, 11) is 0. The summed E-state index contributed by atoms with van der Waals surface area (Å²) in [5.41, 5.74) is 5.14. The van der Waals surface area contributed by atoms with Gasteiger partial charge < -0.3 is 0 Å². The largest absolute Gasteiger partial charge is 0.252 e. The molecule has 0 bridgehead atoms. The number of aromatic nitrogens is 1. The minimum atomic E-state index is 0.708. The molecule has 0 radical (unpaired) electrons. The summed E-state index contributed by atoms with van der Waals surface area (Å²) < 4.78 is 0. The SMILES string of the molecule is Cc1ccc(C)c2nc(C3CCCC3)ccc12. The van der Waals surface area contributed by atoms with Gasteiger partial charge in [-0.15, -0.1) is 0 Å². The van der Waals surface area contributed by atoms with Gasteiger partial charge >= 0.3 is 0 Å². The Hall–Kier alpha value is -1.37. The van der Waals surface area contributed by atoms with Crippen molar-refractivity contribution in [3.05, 3.63) is 41.1 Å². The lowest BCUT2D eigenvalue weighted by Gasteiger charge is -2.11. The maximum atomic E-state index is 4.92. The Labute approximate surface area is 103 Å². The summed E-state index contributed by atoms with van der Waals surface area (Å²) in [6.45, 7) is 4.33. The lowest BCUT2D eigenvalue weighted by Crippen LogP contribution is -1.98. The average molecular weight is 225 g/mol. The third kappa shape index (κ3) is 1.84. The first-order chi connectivity index (χ1) is 8.25. The maximum absolute atomic E-state index is 4.92. The smallest absolute Gasteiger partial charge is 0.0737 e. The summed E-state index contributed by atoms with van der Waals surface area (Å²) in [6, 6.07) is 8.88. The molecule has 0 saturated heterocycles. The monoisotopic (exact) mass is 225 g/mol. The highest BCUT2D eigenvalue weighted by Gasteiger charge is 2.18. The molecule has 2 aromatic rings. The molecule has 0 N–H and O–H groups in total. The first-order valence-electron chi connectivity index (χ1n) is 6.62. The Morgan fingerprint density at radius 1 is 0.941 bits per heavy atom. The maximum Gasteiger partial charge on any atom is 0.0737 e. The topological polar surface area (TPSA) is 12.9 Å². The van der Waals surface area contributed by atoms with Crippen LogP contribution in [-0.4, -0.2) is 4.98 Å². The first-order valence-corrected chi connectivity index (χ1v) is 6.62. The molecule has 0 unspecified atom stereocenters. The van der Waals surface area contributed by atoms with Crippen molar-refractivity contribution in [1.82, 2.24) is 4.98 Å². The Bertz CT molecular complexity index is 551. The highest BCUT2D eigenvalue weighted by molar-refractivity contribution is 5.85. The third-order valence-electron chi connectivity index (χ3n) is 4.07. The van der Waals surface area contributed by atoms with Crippen molar-refractivity contribution in [1.29, 1.82) is 0 Å². The minimum absolute atomic E-state index is 0.708. The van der Waals surface area contributed by atoms with Crippen molar-refractivity contribution >= 4 is 10.9 Å². The molecule has 1 aliphatic rings. The van der Waals surface area contributed by atoms with Crippen LogP contribution < -0.4 is 0 Å². The number of hydrogen-bond acceptors (Lipinski definition) is 1. The van der Waals surface area contributed by atoms with Gasteiger partial charge in [-0.2, -0.15) is 0 Å². The van der Waals surface area contributed by atoms with E-state index in [9.17, 15) is 0 Å². The van der Waals surface area contributed by atoms with E-state index in [1.54, 1.807) is 0 Å². The van der Waals surface area contributed by atoms with Crippen LogP contribution in [0.5, 0.6) is 0 Å². The van der Waals surface area contributed by atoms with E-state index in [0.29, 0.717) is 5.92 Å². The molecule has 0 amide bonds. The Morgan fingerprint density at radius 3 is 2.41 bits per heavy atom. The number of fused-ring (bicyclic) bond motifs is 1. The van der Waals surface area contributed by atoms with Crippen LogP contribution in [0.3, 0.4) is 0 Å². The summed E-state index contributed by atoms with van der Waals surface area (Å²) in [4.78, 5) is 4.92. The second-order valence-electron chi connectivity index (χ2n) is 5.31. The van der Waals surface area contributed by atoms with Crippen molar-refractivity contribution in [3.63, 3.8) is 0 Å². The van der Waals surface area contributed by atoms with Gasteiger partial charge in [0.1, 0.15) is 0 Å². The van der Waals surface area contributed by atoms with E-state index in [1.165, 1.54) is 53.4 Å². The zero-order chi connectivity index (χ0) is 11.8. The molecule has 1 aromatic carbocycles. The van der Waals surface area contributed by atoms with E-state index < -0.39 is 0 Å². The molecule has 0 aliphatic heterocycles. The number of pyridine rings is 1. The van der Waals surface area contributed by atoms with Crippen molar-refractivity contribution in [2.75, 3.05) is 0 Å². The molecular formula is C16H19N. The molecule has 0 spiro atoms. The molecule has 88 valence electrons. The molecule has 1 heteroatoms. The standard InChI is InChI=1S/C16H19N/c1-11-7-8-12(2)16-14(11)9-10-15(17-16)13-5-3-4-6-13/h7-10,13H,3-6H2,1-2H3. The van der Waals surface area contributed by atoms with Gasteiger partial charge in [-0.1, -0.05) is 31.0 Å². The molecule has 1 fully saturated rings. The molecule has 1 aliphatic carbocycles. The van der Waals surface area contributed by atoms with Crippen molar-refractivity contribution in [2.24, 2.45) is 0 Å². The first kappa shape index (κ1) is 10.8. The van der Waals surface area contributed by atoms with Gasteiger partial charge in [0.25, 0.3) is 0 Å². The van der Waals surface area contributed by atoms with Gasteiger partial charge in [0.05, 0.1) is 5.52 Å². The van der Waals surface area contributed by atoms with Crippen LogP contribution >= 0.6 is 0 Å². The summed E-state index contributed by atoms with van der Waals surface area (Å²) in [5, 5.41) is 1.31. The highest BCUT2D eigenvalue weighted by Crippen LogP contribution is 2.34. The summed E-state index contributed by atoms with van der Waals surface area (Å²) in [6.07, 6.45) is 5.39. The van der Waals surface area contributed by atoms with E-state index >= 15 is 0 Å². The lowest BCUT2D eigenvalue weighted by molar-refractivity contribution is 0.701. The molecule has 1 heterocycles. The van der Waals surface area contributed by atoms with Crippen LogP contribution in [-0.2, 0) is 0 Å². The quantitative estimate of drug-likeness (QED) is 0.696. The lowest BCUT2D eigenvalue weighted by atomic mass is 10.00. The zero-order valence-corrected chi connectivity index (χ0v) is 10.7. The van der Waals surface area contributed by atoms with Crippen LogP contribution in [0.4, 0.5) is 0 Å². The van der Waals surface area contributed by atoms with Gasteiger partial charge in [-0.25, -0.2) is 0 Å². The van der Waals surface area contributed by atoms with Crippen LogP contribution in [0, 0.1) is 13.8 Å².